The highest BCUT2D eigenvalue weighted by Gasteiger charge is 2.09. The average molecular weight is 219 g/mol. The van der Waals surface area contributed by atoms with Gasteiger partial charge >= 0.3 is 0 Å². The zero-order valence-electron chi connectivity index (χ0n) is 8.14. The predicted octanol–water partition coefficient (Wildman–Crippen LogP) is -0.262. The molecule has 8 nitrogen and oxygen atoms in total. The maximum absolute atomic E-state index is 11.6. The summed E-state index contributed by atoms with van der Waals surface area (Å²) >= 11 is 0. The standard InChI is InChI=1S/C8H9N7O/c9-15-6-4-10-3-5(13-6)7(16)14-8-11-1-2-12-8/h1-4H,9H2,(H,13,15)(H2,11,12,14,16). The normalized spacial score (nSPS) is 9.81. The highest BCUT2D eigenvalue weighted by molar-refractivity contribution is 6.01. The number of hydrazine groups is 1. The Balaban J connectivity index is 2.14. The van der Waals surface area contributed by atoms with Crippen LogP contribution >= 0.6 is 0 Å². The van der Waals surface area contributed by atoms with Gasteiger partial charge in [0, 0.05) is 12.4 Å². The molecule has 0 bridgehead atoms. The molecule has 0 aromatic carbocycles. The van der Waals surface area contributed by atoms with Crippen molar-refractivity contribution in [1.82, 2.24) is 19.9 Å². The Bertz CT molecular complexity index is 481. The zero-order valence-corrected chi connectivity index (χ0v) is 8.14. The van der Waals surface area contributed by atoms with Crippen LogP contribution in [0.2, 0.25) is 0 Å². The minimum absolute atomic E-state index is 0.145. The fourth-order valence-corrected chi connectivity index (χ4v) is 1.05. The van der Waals surface area contributed by atoms with Crippen molar-refractivity contribution >= 4 is 17.7 Å². The van der Waals surface area contributed by atoms with Crippen LogP contribution in [0.15, 0.2) is 24.8 Å². The van der Waals surface area contributed by atoms with E-state index in [9.17, 15) is 4.79 Å². The summed E-state index contributed by atoms with van der Waals surface area (Å²) in [6.45, 7) is 0. The number of nitrogens with zero attached hydrogens (tertiary/aromatic N) is 3. The Morgan fingerprint density at radius 1 is 1.44 bits per heavy atom. The molecule has 2 aromatic heterocycles. The van der Waals surface area contributed by atoms with E-state index in [1.807, 2.05) is 0 Å². The molecule has 2 heterocycles. The molecule has 0 radical (unpaired) electrons. The van der Waals surface area contributed by atoms with E-state index < -0.39 is 5.91 Å². The summed E-state index contributed by atoms with van der Waals surface area (Å²) in [5.41, 5.74) is 2.45. The Morgan fingerprint density at radius 3 is 3.00 bits per heavy atom. The number of H-pyrrole nitrogens is 1. The van der Waals surface area contributed by atoms with Gasteiger partial charge in [-0.3, -0.25) is 15.1 Å². The summed E-state index contributed by atoms with van der Waals surface area (Å²) < 4.78 is 0. The summed E-state index contributed by atoms with van der Waals surface area (Å²) in [6, 6.07) is 0. The molecule has 0 saturated heterocycles. The molecule has 2 aromatic rings. The van der Waals surface area contributed by atoms with Crippen molar-refractivity contribution < 1.29 is 4.79 Å². The number of aromatic amines is 1. The van der Waals surface area contributed by atoms with Gasteiger partial charge in [0.05, 0.1) is 12.4 Å². The first kappa shape index (κ1) is 10.1. The molecule has 0 aliphatic heterocycles. The smallest absolute Gasteiger partial charge is 0.278 e. The highest BCUT2D eigenvalue weighted by atomic mass is 16.2. The highest BCUT2D eigenvalue weighted by Crippen LogP contribution is 2.03. The second-order valence-corrected chi connectivity index (χ2v) is 2.83. The number of nitrogen functional groups attached to an aromatic ring is 1. The molecule has 0 atom stereocenters. The molecule has 1 amide bonds. The van der Waals surface area contributed by atoms with Crippen molar-refractivity contribution in [3.05, 3.63) is 30.5 Å². The lowest BCUT2D eigenvalue weighted by molar-refractivity contribution is 0.102. The maximum atomic E-state index is 11.6. The number of hydrogen-bond donors (Lipinski definition) is 4. The molecule has 16 heavy (non-hydrogen) atoms. The number of amides is 1. The molecular formula is C8H9N7O. The number of carbonyl (C=O) groups excluding carboxylic acids is 1. The Hall–Kier alpha value is -2.48. The third kappa shape index (κ3) is 2.12. The lowest BCUT2D eigenvalue weighted by atomic mass is 10.4. The third-order valence-electron chi connectivity index (χ3n) is 1.75. The van der Waals surface area contributed by atoms with Crippen LogP contribution in [0.5, 0.6) is 0 Å². The monoisotopic (exact) mass is 219 g/mol. The molecule has 0 unspecified atom stereocenters. The van der Waals surface area contributed by atoms with Crippen molar-refractivity contribution in [3.63, 3.8) is 0 Å². The molecular weight excluding hydrogens is 210 g/mol. The Kier molecular flexibility index (Phi) is 2.74. The van der Waals surface area contributed by atoms with E-state index in [-0.39, 0.29) is 5.69 Å². The lowest BCUT2D eigenvalue weighted by Gasteiger charge is -2.02. The van der Waals surface area contributed by atoms with Crippen LogP contribution in [0.3, 0.4) is 0 Å². The predicted molar refractivity (Wildman–Crippen MR) is 56.4 cm³/mol. The number of aromatic nitrogens is 4. The summed E-state index contributed by atoms with van der Waals surface area (Å²) in [4.78, 5) is 25.9. The summed E-state index contributed by atoms with van der Waals surface area (Å²) in [6.07, 6.45) is 5.86. The van der Waals surface area contributed by atoms with E-state index in [4.69, 9.17) is 5.84 Å². The molecule has 0 fully saturated rings. The lowest BCUT2D eigenvalue weighted by Crippen LogP contribution is -2.17. The Morgan fingerprint density at radius 2 is 2.31 bits per heavy atom. The summed E-state index contributed by atoms with van der Waals surface area (Å²) in [5, 5.41) is 2.51. The number of rotatable bonds is 3. The van der Waals surface area contributed by atoms with Crippen molar-refractivity contribution in [1.29, 1.82) is 0 Å². The minimum atomic E-state index is -0.417. The molecule has 5 N–H and O–H groups in total. The molecule has 0 aliphatic carbocycles. The third-order valence-corrected chi connectivity index (χ3v) is 1.75. The second-order valence-electron chi connectivity index (χ2n) is 2.83. The number of carbonyl (C=O) groups is 1. The van der Waals surface area contributed by atoms with Crippen molar-refractivity contribution in [2.75, 3.05) is 10.7 Å². The van der Waals surface area contributed by atoms with Crippen molar-refractivity contribution in [2.45, 2.75) is 0 Å². The average Bonchev–Trinajstić information content (AvgIpc) is 2.82. The molecule has 2 rings (SSSR count). The largest absolute Gasteiger partial charge is 0.331 e. The number of hydrogen-bond acceptors (Lipinski definition) is 6. The second kappa shape index (κ2) is 4.36. The van der Waals surface area contributed by atoms with Crippen LogP contribution in [0.25, 0.3) is 0 Å². The summed E-state index contributed by atoms with van der Waals surface area (Å²) in [5.74, 6) is 5.39. The number of anilines is 2. The zero-order chi connectivity index (χ0) is 11.4. The molecule has 8 heteroatoms. The van der Waals surface area contributed by atoms with Gasteiger partial charge in [-0.2, -0.15) is 0 Å². The van der Waals surface area contributed by atoms with E-state index >= 15 is 0 Å². The first-order chi connectivity index (χ1) is 7.79. The van der Waals surface area contributed by atoms with Gasteiger partial charge in [-0.15, -0.1) is 0 Å². The number of nitrogens with one attached hydrogen (secondary N) is 3. The van der Waals surface area contributed by atoms with Gasteiger partial charge in [0.25, 0.3) is 5.91 Å². The van der Waals surface area contributed by atoms with Gasteiger partial charge in [0.15, 0.2) is 5.82 Å². The molecule has 0 aliphatic rings. The number of nitrogens with two attached hydrogens (primary N) is 1. The van der Waals surface area contributed by atoms with E-state index in [0.29, 0.717) is 11.8 Å². The quantitative estimate of drug-likeness (QED) is 0.416. The number of imidazole rings is 1. The van der Waals surface area contributed by atoms with Gasteiger partial charge in [0.2, 0.25) is 5.95 Å². The van der Waals surface area contributed by atoms with Crippen LogP contribution in [-0.2, 0) is 0 Å². The topological polar surface area (TPSA) is 122 Å². The van der Waals surface area contributed by atoms with Crippen molar-refractivity contribution in [3.8, 4) is 0 Å². The van der Waals surface area contributed by atoms with Gasteiger partial charge in [-0.25, -0.2) is 15.8 Å². The van der Waals surface area contributed by atoms with Gasteiger partial charge in [-0.1, -0.05) is 0 Å². The minimum Gasteiger partial charge on any atom is -0.331 e. The maximum Gasteiger partial charge on any atom is 0.278 e. The molecule has 82 valence electrons. The van der Waals surface area contributed by atoms with E-state index in [1.54, 1.807) is 6.20 Å². The van der Waals surface area contributed by atoms with Crippen LogP contribution in [0, 0.1) is 0 Å². The van der Waals surface area contributed by atoms with Crippen molar-refractivity contribution in [2.24, 2.45) is 5.84 Å². The SMILES string of the molecule is NNc1cncc(C(=O)Nc2ncc[nH]2)n1. The van der Waals surface area contributed by atoms with Gasteiger partial charge in [0.1, 0.15) is 5.69 Å². The fraction of sp³-hybridized carbons (Fsp3) is 0. The fourth-order valence-electron chi connectivity index (χ4n) is 1.05. The van der Waals surface area contributed by atoms with Gasteiger partial charge in [-0.05, 0) is 0 Å². The van der Waals surface area contributed by atoms with Crippen LogP contribution in [0.4, 0.5) is 11.8 Å². The molecule has 0 saturated carbocycles. The van der Waals surface area contributed by atoms with E-state index in [0.717, 1.165) is 0 Å². The van der Waals surface area contributed by atoms with E-state index in [2.05, 4.69) is 30.7 Å². The van der Waals surface area contributed by atoms with Crippen LogP contribution < -0.4 is 16.6 Å². The van der Waals surface area contributed by atoms with Crippen LogP contribution in [0.1, 0.15) is 10.5 Å². The first-order valence-corrected chi connectivity index (χ1v) is 4.39. The first-order valence-electron chi connectivity index (χ1n) is 4.39. The Labute approximate surface area is 90.3 Å². The molecule has 0 spiro atoms. The van der Waals surface area contributed by atoms with Gasteiger partial charge < -0.3 is 10.4 Å². The van der Waals surface area contributed by atoms with Crippen LogP contribution in [-0.4, -0.2) is 25.8 Å². The van der Waals surface area contributed by atoms with E-state index in [1.165, 1.54) is 18.6 Å². The summed E-state index contributed by atoms with van der Waals surface area (Å²) in [7, 11) is 0.